The van der Waals surface area contributed by atoms with Gasteiger partial charge in [-0.15, -0.1) is 0 Å². The normalized spacial score (nSPS) is 14.7. The Kier molecular flexibility index (Phi) is 54.8. The number of carbonyl (C=O) groups is 1. The zero-order valence-electron chi connectivity index (χ0n) is 50.1. The van der Waals surface area contributed by atoms with Crippen LogP contribution in [0.2, 0.25) is 0 Å². The largest absolute Gasteiger partial charge is 0.756 e. The lowest BCUT2D eigenvalue weighted by atomic mass is 10.0. The number of allylic oxidation sites excluding steroid dienone is 22. The van der Waals surface area contributed by atoms with E-state index in [2.05, 4.69) is 153 Å². The molecule has 0 saturated carbocycles. The van der Waals surface area contributed by atoms with Gasteiger partial charge >= 0.3 is 0 Å². The number of carbonyl (C=O) groups excluding carboxylic acids is 1. The van der Waals surface area contributed by atoms with Crippen LogP contribution in [0.3, 0.4) is 0 Å². The van der Waals surface area contributed by atoms with Gasteiger partial charge in [-0.05, 0) is 96.3 Å². The first-order chi connectivity index (χ1) is 37.5. The molecule has 0 aliphatic carbocycles. The van der Waals surface area contributed by atoms with Crippen molar-refractivity contribution in [2.75, 3.05) is 40.9 Å². The smallest absolute Gasteiger partial charge is 0.268 e. The van der Waals surface area contributed by atoms with Gasteiger partial charge in [0.25, 0.3) is 7.82 Å². The summed E-state index contributed by atoms with van der Waals surface area (Å²) in [6.07, 6.45) is 86.3. The number of hydrogen-bond acceptors (Lipinski definition) is 6. The van der Waals surface area contributed by atoms with Crippen LogP contribution in [0.25, 0.3) is 0 Å². The molecule has 0 saturated heterocycles. The van der Waals surface area contributed by atoms with Crippen molar-refractivity contribution in [3.8, 4) is 0 Å². The summed E-state index contributed by atoms with van der Waals surface area (Å²) in [6, 6.07) is -0.829. The second kappa shape index (κ2) is 57.3. The first-order valence-electron chi connectivity index (χ1n) is 31.0. The fourth-order valence-corrected chi connectivity index (χ4v) is 9.06. The number of nitrogens with one attached hydrogen (secondary N) is 1. The van der Waals surface area contributed by atoms with Crippen LogP contribution < -0.4 is 10.2 Å². The summed E-state index contributed by atoms with van der Waals surface area (Å²) < 4.78 is 23.4. The van der Waals surface area contributed by atoms with Gasteiger partial charge < -0.3 is 28.8 Å². The molecule has 0 spiro atoms. The molecule has 0 aliphatic heterocycles. The number of amides is 1. The maximum absolute atomic E-state index is 13.0. The summed E-state index contributed by atoms with van der Waals surface area (Å²) in [6.45, 7) is 4.58. The number of aliphatic hydroxyl groups is 1. The summed E-state index contributed by atoms with van der Waals surface area (Å²) >= 11 is 0. The molecule has 0 radical (unpaired) electrons. The number of unbranched alkanes of at least 4 members (excludes halogenated alkanes) is 20. The van der Waals surface area contributed by atoms with Crippen LogP contribution in [0.1, 0.15) is 239 Å². The molecule has 2 N–H and O–H groups in total. The minimum absolute atomic E-state index is 0.00152. The van der Waals surface area contributed by atoms with Gasteiger partial charge in [-0.3, -0.25) is 9.36 Å². The van der Waals surface area contributed by atoms with Crippen molar-refractivity contribution >= 4 is 13.7 Å². The van der Waals surface area contributed by atoms with Crippen LogP contribution in [-0.4, -0.2) is 68.5 Å². The number of phosphoric acid groups is 1. The van der Waals surface area contributed by atoms with Gasteiger partial charge in [-0.2, -0.15) is 0 Å². The second-order valence-electron chi connectivity index (χ2n) is 21.7. The third kappa shape index (κ3) is 60.1. The fourth-order valence-electron chi connectivity index (χ4n) is 8.34. The molecule has 3 unspecified atom stereocenters. The number of hydrogen-bond donors (Lipinski definition) is 2. The molecule has 0 aromatic rings. The van der Waals surface area contributed by atoms with Gasteiger partial charge in [0, 0.05) is 6.42 Å². The fraction of sp³-hybridized carbons (Fsp3) is 0.662. The van der Waals surface area contributed by atoms with Gasteiger partial charge in [0.05, 0.1) is 39.9 Å². The molecule has 77 heavy (non-hydrogen) atoms. The highest BCUT2D eigenvalue weighted by atomic mass is 31.2. The maximum atomic E-state index is 13.0. The van der Waals surface area contributed by atoms with E-state index < -0.39 is 20.0 Å². The Morgan fingerprint density at radius 2 is 0.792 bits per heavy atom. The standard InChI is InChI=1S/C68H117N2O6P/c1-6-8-10-12-14-16-18-20-22-24-26-27-28-29-30-31-32-33-34-35-36-37-38-39-40-41-42-43-44-46-48-50-52-54-56-58-60-62-68(72)69-66(65-76-77(73,74)75-64-63-70(3,4)5)67(71)61-59-57-55-53-51-49-47-45-25-23-21-19-17-15-13-11-9-7-2/h8,10,14,16,20,22,26-27,29-30,32-33,35-36,38-39,41-42,44,46,50,52,66-67,71H,6-7,9,11-13,15,17-19,21,23-25,28,31,34,37,40,43,45,47-49,51,53-65H2,1-5H3,(H-,69,72,73,74)/b10-8-,16-14-,22-20-,27-26-,30-29-,33-32-,36-35-,39-38-,42-41-,46-44-,52-50-. The Labute approximate surface area is 475 Å². The van der Waals surface area contributed by atoms with Crippen molar-refractivity contribution in [2.45, 2.75) is 251 Å². The Morgan fingerprint density at radius 3 is 1.14 bits per heavy atom. The van der Waals surface area contributed by atoms with E-state index in [0.29, 0.717) is 23.9 Å². The molecule has 0 rings (SSSR count). The predicted octanol–water partition coefficient (Wildman–Crippen LogP) is 18.9. The van der Waals surface area contributed by atoms with Gasteiger partial charge in [-0.1, -0.05) is 270 Å². The lowest BCUT2D eigenvalue weighted by molar-refractivity contribution is -0.870. The van der Waals surface area contributed by atoms with Gasteiger partial charge in [0.1, 0.15) is 13.2 Å². The Bertz CT molecular complexity index is 1710. The molecule has 0 bridgehead atoms. The molecular formula is C68H117N2O6P. The number of nitrogens with zero attached hydrogens (tertiary/aromatic N) is 1. The van der Waals surface area contributed by atoms with E-state index in [1.165, 1.54) is 96.3 Å². The first kappa shape index (κ1) is 73.6. The van der Waals surface area contributed by atoms with Gasteiger partial charge in [-0.25, -0.2) is 0 Å². The molecule has 0 aromatic heterocycles. The van der Waals surface area contributed by atoms with Crippen LogP contribution in [-0.2, 0) is 18.4 Å². The second-order valence-corrected chi connectivity index (χ2v) is 23.1. The quantitative estimate of drug-likeness (QED) is 0.0272. The average Bonchev–Trinajstić information content (AvgIpc) is 3.39. The maximum Gasteiger partial charge on any atom is 0.268 e. The minimum Gasteiger partial charge on any atom is -0.756 e. The topological polar surface area (TPSA) is 108 Å². The number of phosphoric ester groups is 1. The Balaban J connectivity index is 4.24. The number of quaternary nitrogens is 1. The van der Waals surface area contributed by atoms with Crippen LogP contribution in [0.4, 0.5) is 0 Å². The average molecular weight is 1090 g/mol. The number of aliphatic hydroxyl groups excluding tert-OH is 1. The molecular weight excluding hydrogens is 972 g/mol. The molecule has 3 atom stereocenters. The molecule has 0 aromatic carbocycles. The molecule has 0 aliphatic rings. The molecule has 0 fully saturated rings. The third-order valence-corrected chi connectivity index (χ3v) is 14.1. The zero-order chi connectivity index (χ0) is 56.3. The Hall–Kier alpha value is -3.36. The summed E-state index contributed by atoms with van der Waals surface area (Å²) in [5, 5.41) is 14.0. The molecule has 1 amide bonds. The van der Waals surface area contributed by atoms with Crippen LogP contribution in [0.15, 0.2) is 134 Å². The SMILES string of the molecule is CC/C=C\C/C=C\C/C=C\C/C=C\C/C=C\C/C=C\C/C=C\C/C=C\C/C=C\C/C=C\C/C=C\CCCCCC(=O)NC(COP(=O)([O-])OCC[N+](C)(C)C)C(O)CCCCCCCCCCCCCCCCCCCC. The van der Waals surface area contributed by atoms with Crippen molar-refractivity contribution in [1.82, 2.24) is 5.32 Å². The van der Waals surface area contributed by atoms with Gasteiger partial charge in [0.15, 0.2) is 0 Å². The van der Waals surface area contributed by atoms with E-state index in [1.54, 1.807) is 0 Å². The van der Waals surface area contributed by atoms with E-state index in [0.717, 1.165) is 116 Å². The number of likely N-dealkylation sites (N-methyl/N-ethyl adjacent to an activating group) is 1. The zero-order valence-corrected chi connectivity index (χ0v) is 51.0. The van der Waals surface area contributed by atoms with E-state index in [-0.39, 0.29) is 19.1 Å². The molecule has 440 valence electrons. The van der Waals surface area contributed by atoms with E-state index in [9.17, 15) is 19.4 Å². The van der Waals surface area contributed by atoms with Crippen LogP contribution in [0.5, 0.6) is 0 Å². The van der Waals surface area contributed by atoms with Crippen molar-refractivity contribution in [1.29, 1.82) is 0 Å². The highest BCUT2D eigenvalue weighted by Crippen LogP contribution is 2.38. The summed E-state index contributed by atoms with van der Waals surface area (Å²) in [7, 11) is 1.26. The predicted molar refractivity (Wildman–Crippen MR) is 334 cm³/mol. The summed E-state index contributed by atoms with van der Waals surface area (Å²) in [5.74, 6) is -0.201. The van der Waals surface area contributed by atoms with Crippen molar-refractivity contribution < 1.29 is 32.9 Å². The molecule has 0 heterocycles. The lowest BCUT2D eigenvalue weighted by Gasteiger charge is -2.30. The number of rotatable bonds is 55. The van der Waals surface area contributed by atoms with E-state index >= 15 is 0 Å². The minimum atomic E-state index is -4.59. The van der Waals surface area contributed by atoms with Gasteiger partial charge in [0.2, 0.25) is 5.91 Å². The van der Waals surface area contributed by atoms with E-state index in [1.807, 2.05) is 21.1 Å². The van der Waals surface area contributed by atoms with Crippen LogP contribution >= 0.6 is 7.82 Å². The molecule has 8 nitrogen and oxygen atoms in total. The summed E-state index contributed by atoms with van der Waals surface area (Å²) in [4.78, 5) is 25.6. The lowest BCUT2D eigenvalue weighted by Crippen LogP contribution is -2.46. The van der Waals surface area contributed by atoms with Crippen molar-refractivity contribution in [3.05, 3.63) is 134 Å². The first-order valence-corrected chi connectivity index (χ1v) is 32.5. The monoisotopic (exact) mass is 1090 g/mol. The third-order valence-electron chi connectivity index (χ3n) is 13.2. The van der Waals surface area contributed by atoms with Crippen LogP contribution in [0, 0.1) is 0 Å². The summed E-state index contributed by atoms with van der Waals surface area (Å²) in [5.41, 5.74) is 0. The van der Waals surface area contributed by atoms with Crippen molar-refractivity contribution in [3.63, 3.8) is 0 Å². The Morgan fingerprint density at radius 1 is 0.468 bits per heavy atom. The highest BCUT2D eigenvalue weighted by Gasteiger charge is 2.24. The van der Waals surface area contributed by atoms with E-state index in [4.69, 9.17) is 9.05 Å². The highest BCUT2D eigenvalue weighted by molar-refractivity contribution is 7.45. The van der Waals surface area contributed by atoms with Crippen molar-refractivity contribution in [2.24, 2.45) is 0 Å². The molecule has 9 heteroatoms.